The molecule has 4 atom stereocenters. The van der Waals surface area contributed by atoms with Gasteiger partial charge in [0.15, 0.2) is 0 Å². The van der Waals surface area contributed by atoms with Gasteiger partial charge in [-0.15, -0.1) is 18.0 Å². The van der Waals surface area contributed by atoms with Crippen molar-refractivity contribution in [3.63, 3.8) is 0 Å². The third-order valence-corrected chi connectivity index (χ3v) is 4.45. The second-order valence-electron chi connectivity index (χ2n) is 4.40. The number of terminal acetylenes is 1. The number of halogens is 2. The van der Waals surface area contributed by atoms with Crippen molar-refractivity contribution in [1.29, 1.82) is 0 Å². The summed E-state index contributed by atoms with van der Waals surface area (Å²) in [4.78, 5) is 0.347. The molecule has 0 saturated heterocycles. The SMILES string of the molecule is C#C/C=C\C[C@H]1O[C@H](CC)[C@H](Br)C/C=C\C[C@H]1Cl. The first-order valence-electron chi connectivity index (χ1n) is 6.38. The first-order chi connectivity index (χ1) is 8.69. The summed E-state index contributed by atoms with van der Waals surface area (Å²) in [5.74, 6) is 2.49. The molecule has 0 bridgehead atoms. The van der Waals surface area contributed by atoms with Crippen LogP contribution in [0, 0.1) is 12.3 Å². The fraction of sp³-hybridized carbons (Fsp3) is 0.600. The van der Waals surface area contributed by atoms with Gasteiger partial charge in [0, 0.05) is 4.83 Å². The van der Waals surface area contributed by atoms with E-state index in [2.05, 4.69) is 40.9 Å². The predicted octanol–water partition coefficient (Wildman–Crippen LogP) is 4.45. The van der Waals surface area contributed by atoms with Gasteiger partial charge >= 0.3 is 0 Å². The lowest BCUT2D eigenvalue weighted by Crippen LogP contribution is -2.33. The van der Waals surface area contributed by atoms with Crippen LogP contribution in [0.15, 0.2) is 24.3 Å². The number of hydrogen-bond acceptors (Lipinski definition) is 1. The zero-order valence-corrected chi connectivity index (χ0v) is 13.0. The molecule has 100 valence electrons. The average Bonchev–Trinajstić information content (AvgIpc) is 2.43. The monoisotopic (exact) mass is 330 g/mol. The van der Waals surface area contributed by atoms with Crippen LogP contribution in [0.2, 0.25) is 0 Å². The maximum Gasteiger partial charge on any atom is 0.0780 e. The van der Waals surface area contributed by atoms with Gasteiger partial charge in [-0.2, -0.15) is 0 Å². The van der Waals surface area contributed by atoms with Crippen molar-refractivity contribution in [3.8, 4) is 12.3 Å². The third kappa shape index (κ3) is 5.18. The zero-order valence-electron chi connectivity index (χ0n) is 10.7. The van der Waals surface area contributed by atoms with Crippen LogP contribution in [0.4, 0.5) is 0 Å². The molecule has 0 spiro atoms. The number of alkyl halides is 2. The van der Waals surface area contributed by atoms with Gasteiger partial charge < -0.3 is 4.74 Å². The van der Waals surface area contributed by atoms with Gasteiger partial charge in [0.25, 0.3) is 0 Å². The maximum absolute atomic E-state index is 6.40. The molecule has 1 aliphatic rings. The van der Waals surface area contributed by atoms with E-state index in [-0.39, 0.29) is 17.6 Å². The van der Waals surface area contributed by atoms with E-state index in [4.69, 9.17) is 22.8 Å². The van der Waals surface area contributed by atoms with E-state index in [1.165, 1.54) is 0 Å². The van der Waals surface area contributed by atoms with Crippen LogP contribution in [0.1, 0.15) is 32.6 Å². The van der Waals surface area contributed by atoms with Crippen LogP contribution in [0.25, 0.3) is 0 Å². The number of rotatable bonds is 3. The van der Waals surface area contributed by atoms with Gasteiger partial charge in [-0.25, -0.2) is 0 Å². The summed E-state index contributed by atoms with van der Waals surface area (Å²) in [6.45, 7) is 2.14. The highest BCUT2D eigenvalue weighted by molar-refractivity contribution is 9.09. The second kappa shape index (κ2) is 8.80. The molecule has 1 nitrogen and oxygen atoms in total. The summed E-state index contributed by atoms with van der Waals surface area (Å²) in [6, 6.07) is 0. The predicted molar refractivity (Wildman–Crippen MR) is 82.3 cm³/mol. The van der Waals surface area contributed by atoms with Crippen molar-refractivity contribution in [2.45, 2.75) is 55.0 Å². The molecule has 0 aromatic rings. The topological polar surface area (TPSA) is 9.23 Å². The molecule has 18 heavy (non-hydrogen) atoms. The summed E-state index contributed by atoms with van der Waals surface area (Å²) in [5.41, 5.74) is 0. The molecule has 0 N–H and O–H groups in total. The fourth-order valence-corrected chi connectivity index (χ4v) is 2.96. The van der Waals surface area contributed by atoms with Gasteiger partial charge in [-0.3, -0.25) is 0 Å². The van der Waals surface area contributed by atoms with Crippen LogP contribution in [0.3, 0.4) is 0 Å². The van der Waals surface area contributed by atoms with Crippen molar-refractivity contribution in [3.05, 3.63) is 24.3 Å². The van der Waals surface area contributed by atoms with Gasteiger partial charge in [0.05, 0.1) is 17.6 Å². The minimum absolute atomic E-state index is 0.00414. The maximum atomic E-state index is 6.40. The summed E-state index contributed by atoms with van der Waals surface area (Å²) in [5, 5.41) is -0.00414. The molecule has 0 fully saturated rings. The van der Waals surface area contributed by atoms with Gasteiger partial charge in [-0.1, -0.05) is 47.0 Å². The highest BCUT2D eigenvalue weighted by atomic mass is 79.9. The van der Waals surface area contributed by atoms with Gasteiger partial charge in [0.1, 0.15) is 0 Å². The molecule has 0 aliphatic carbocycles. The number of ether oxygens (including phenoxy) is 1. The molecule has 1 rings (SSSR count). The summed E-state index contributed by atoms with van der Waals surface area (Å²) in [6.07, 6.45) is 17.0. The fourth-order valence-electron chi connectivity index (χ4n) is 1.98. The van der Waals surface area contributed by atoms with Gasteiger partial charge in [-0.05, 0) is 31.8 Å². The first-order valence-corrected chi connectivity index (χ1v) is 7.74. The van der Waals surface area contributed by atoms with E-state index >= 15 is 0 Å². The smallest absolute Gasteiger partial charge is 0.0780 e. The number of hydrogen-bond donors (Lipinski definition) is 0. The van der Waals surface area contributed by atoms with Crippen LogP contribution in [-0.2, 0) is 4.74 Å². The van der Waals surface area contributed by atoms with Crippen molar-refractivity contribution < 1.29 is 4.74 Å². The molecule has 1 heterocycles. The largest absolute Gasteiger partial charge is 0.372 e. The Balaban J connectivity index is 2.73. The minimum Gasteiger partial charge on any atom is -0.372 e. The second-order valence-corrected chi connectivity index (χ2v) is 6.14. The highest BCUT2D eigenvalue weighted by Gasteiger charge is 2.26. The lowest BCUT2D eigenvalue weighted by Gasteiger charge is -2.28. The summed E-state index contributed by atoms with van der Waals surface area (Å²) >= 11 is 10.1. The Hall–Kier alpha value is -0.230. The third-order valence-electron chi connectivity index (χ3n) is 3.03. The normalized spacial score (nSPS) is 35.4. The van der Waals surface area contributed by atoms with E-state index in [0.29, 0.717) is 4.83 Å². The summed E-state index contributed by atoms with van der Waals surface area (Å²) in [7, 11) is 0. The Kier molecular flexibility index (Phi) is 7.74. The zero-order chi connectivity index (χ0) is 13.4. The average molecular weight is 332 g/mol. The lowest BCUT2D eigenvalue weighted by molar-refractivity contribution is -0.0123. The molecule has 3 heteroatoms. The van der Waals surface area contributed by atoms with E-state index < -0.39 is 0 Å². The molecule has 0 radical (unpaired) electrons. The van der Waals surface area contributed by atoms with Crippen LogP contribution < -0.4 is 0 Å². The summed E-state index contributed by atoms with van der Waals surface area (Å²) < 4.78 is 6.15. The molecular weight excluding hydrogens is 312 g/mol. The van der Waals surface area contributed by atoms with Crippen LogP contribution in [-0.4, -0.2) is 22.4 Å². The Labute approximate surface area is 124 Å². The first kappa shape index (κ1) is 15.8. The Morgan fingerprint density at radius 3 is 2.83 bits per heavy atom. The molecule has 0 saturated carbocycles. The van der Waals surface area contributed by atoms with Crippen molar-refractivity contribution in [2.75, 3.05) is 0 Å². The van der Waals surface area contributed by atoms with Crippen LogP contribution in [0.5, 0.6) is 0 Å². The molecule has 1 aliphatic heterocycles. The minimum atomic E-state index is -0.00414. The van der Waals surface area contributed by atoms with Crippen LogP contribution >= 0.6 is 27.5 Å². The molecule has 0 unspecified atom stereocenters. The lowest BCUT2D eigenvalue weighted by atomic mass is 10.1. The van der Waals surface area contributed by atoms with E-state index in [0.717, 1.165) is 25.7 Å². The Morgan fingerprint density at radius 1 is 1.44 bits per heavy atom. The Bertz CT molecular complexity index is 332. The molecular formula is C15H20BrClO. The molecule has 0 aromatic heterocycles. The standard InChI is InChI=1S/C15H20BrClO/c1-3-5-6-11-15-13(17)10-8-7-9-12(16)14(4-2)18-15/h1,5-8,12-15H,4,9-11H2,2H3/b6-5-,8-7-/t12-,13-,14-,15-/m1/s1. The van der Waals surface area contributed by atoms with E-state index in [9.17, 15) is 0 Å². The highest BCUT2D eigenvalue weighted by Crippen LogP contribution is 2.26. The molecule has 0 aromatic carbocycles. The molecule has 0 amide bonds. The quantitative estimate of drug-likeness (QED) is 0.422. The number of allylic oxidation sites excluding steroid dienone is 3. The Morgan fingerprint density at radius 2 is 2.17 bits per heavy atom. The van der Waals surface area contributed by atoms with Crippen molar-refractivity contribution >= 4 is 27.5 Å². The van der Waals surface area contributed by atoms with E-state index in [1.807, 2.05) is 6.08 Å². The van der Waals surface area contributed by atoms with Gasteiger partial charge in [0.2, 0.25) is 0 Å². The van der Waals surface area contributed by atoms with Crippen molar-refractivity contribution in [2.24, 2.45) is 0 Å². The van der Waals surface area contributed by atoms with E-state index in [1.54, 1.807) is 6.08 Å². The van der Waals surface area contributed by atoms with Crippen molar-refractivity contribution in [1.82, 2.24) is 0 Å².